The highest BCUT2D eigenvalue weighted by atomic mass is 16.6. The molecule has 0 radical (unpaired) electrons. The first kappa shape index (κ1) is 35.2. The number of hydrogen-bond acceptors (Lipinski definition) is 7. The topological polar surface area (TPSA) is 95.8 Å². The Morgan fingerprint density at radius 2 is 1.74 bits per heavy atom. The lowest BCUT2D eigenvalue weighted by Gasteiger charge is -2.34. The largest absolute Gasteiger partial charge is 0.486 e. The third kappa shape index (κ3) is 7.42. The van der Waals surface area contributed by atoms with E-state index in [1.807, 2.05) is 57.7 Å². The number of benzene rings is 2. The van der Waals surface area contributed by atoms with Crippen molar-refractivity contribution in [2.75, 3.05) is 19.7 Å². The van der Waals surface area contributed by atoms with Crippen LogP contribution < -0.4 is 4.74 Å². The van der Waals surface area contributed by atoms with E-state index in [9.17, 15) is 9.59 Å². The smallest absolute Gasteiger partial charge is 0.410 e. The Kier molecular flexibility index (Phi) is 10.3. The van der Waals surface area contributed by atoms with Crippen molar-refractivity contribution in [1.82, 2.24) is 19.7 Å². The minimum atomic E-state index is -0.491. The predicted molar refractivity (Wildman–Crippen MR) is 194 cm³/mol. The van der Waals surface area contributed by atoms with Crippen molar-refractivity contribution in [3.05, 3.63) is 94.3 Å². The number of aryl methyl sites for hydroxylation is 2. The molecular weight excluding hydrogens is 628 g/mol. The van der Waals surface area contributed by atoms with Gasteiger partial charge in [0.15, 0.2) is 5.82 Å². The monoisotopic (exact) mass is 678 g/mol. The van der Waals surface area contributed by atoms with Gasteiger partial charge in [-0.1, -0.05) is 51.1 Å². The van der Waals surface area contributed by atoms with Gasteiger partial charge in [0.1, 0.15) is 23.0 Å². The summed E-state index contributed by atoms with van der Waals surface area (Å²) in [6, 6.07) is 18.9. The van der Waals surface area contributed by atoms with E-state index < -0.39 is 5.60 Å². The number of ether oxygens (including phenoxy) is 3. The summed E-state index contributed by atoms with van der Waals surface area (Å²) in [5.41, 5.74) is 7.71. The Morgan fingerprint density at radius 3 is 2.44 bits per heavy atom. The molecule has 2 aromatic carbocycles. The van der Waals surface area contributed by atoms with Crippen molar-refractivity contribution < 1.29 is 23.8 Å². The number of esters is 1. The molecule has 1 aliphatic heterocycles. The first-order chi connectivity index (χ1) is 24.0. The minimum absolute atomic E-state index is 0.0329. The number of fused-ring (bicyclic) bond motifs is 1. The van der Waals surface area contributed by atoms with Crippen molar-refractivity contribution in [3.8, 4) is 22.8 Å². The fourth-order valence-corrected chi connectivity index (χ4v) is 7.36. The molecule has 4 aromatic rings. The molecule has 1 fully saturated rings. The molecule has 50 heavy (non-hydrogen) atoms. The molecular formula is C41H50N4O5. The van der Waals surface area contributed by atoms with Gasteiger partial charge in [-0.3, -0.25) is 0 Å². The molecule has 6 rings (SSSR count). The van der Waals surface area contributed by atoms with E-state index in [0.717, 1.165) is 54.8 Å². The zero-order valence-corrected chi connectivity index (χ0v) is 30.5. The van der Waals surface area contributed by atoms with Crippen molar-refractivity contribution in [1.29, 1.82) is 0 Å². The van der Waals surface area contributed by atoms with Gasteiger partial charge in [-0.25, -0.2) is 19.3 Å². The van der Waals surface area contributed by atoms with Crippen LogP contribution >= 0.6 is 0 Å². The van der Waals surface area contributed by atoms with Crippen molar-refractivity contribution in [3.63, 3.8) is 0 Å². The zero-order chi connectivity index (χ0) is 35.6. The van der Waals surface area contributed by atoms with Crippen LogP contribution in [0.5, 0.6) is 5.75 Å². The normalized spacial score (nSPS) is 16.4. The highest BCUT2D eigenvalue weighted by Gasteiger charge is 2.31. The van der Waals surface area contributed by atoms with Gasteiger partial charge in [0.2, 0.25) is 0 Å². The molecule has 0 spiro atoms. The Bertz CT molecular complexity index is 1850. The van der Waals surface area contributed by atoms with Crippen LogP contribution in [0.4, 0.5) is 4.79 Å². The summed E-state index contributed by atoms with van der Waals surface area (Å²) in [7, 11) is 0. The summed E-state index contributed by atoms with van der Waals surface area (Å²) in [6.45, 7) is 15.5. The van der Waals surface area contributed by atoms with E-state index in [0.29, 0.717) is 37.0 Å². The van der Waals surface area contributed by atoms with E-state index >= 15 is 0 Å². The molecule has 2 aromatic heterocycles. The maximum Gasteiger partial charge on any atom is 0.410 e. The summed E-state index contributed by atoms with van der Waals surface area (Å²) in [5.74, 6) is 1.58. The van der Waals surface area contributed by atoms with E-state index in [1.165, 1.54) is 22.3 Å². The SMILES string of the molecule is CCOC(=O)c1cnn(-c2cccc(-c3cccc4c3C(Oc3ccc(C5CCN(C(=O)OC(C)(C)C)CC5)c(CC)c3)CC4)n2)c1C(C)C. The van der Waals surface area contributed by atoms with Crippen LogP contribution in [0.3, 0.4) is 0 Å². The third-order valence-corrected chi connectivity index (χ3v) is 9.63. The number of rotatable bonds is 9. The van der Waals surface area contributed by atoms with Crippen LogP contribution in [0.25, 0.3) is 17.1 Å². The van der Waals surface area contributed by atoms with Crippen molar-refractivity contribution >= 4 is 12.1 Å². The number of likely N-dealkylation sites (tertiary alicyclic amines) is 1. The Balaban J connectivity index is 1.22. The average molecular weight is 679 g/mol. The summed E-state index contributed by atoms with van der Waals surface area (Å²) >= 11 is 0. The van der Waals surface area contributed by atoms with Gasteiger partial charge in [-0.05, 0) is 113 Å². The number of amides is 1. The van der Waals surface area contributed by atoms with E-state index in [-0.39, 0.29) is 24.1 Å². The lowest BCUT2D eigenvalue weighted by Crippen LogP contribution is -2.41. The van der Waals surface area contributed by atoms with Crippen LogP contribution in [-0.4, -0.2) is 57.0 Å². The van der Waals surface area contributed by atoms with E-state index in [2.05, 4.69) is 48.4 Å². The van der Waals surface area contributed by atoms with Gasteiger partial charge in [0.05, 0.1) is 24.2 Å². The highest BCUT2D eigenvalue weighted by molar-refractivity contribution is 5.90. The fraction of sp³-hybridized carbons (Fsp3) is 0.463. The molecule has 0 N–H and O–H groups in total. The number of aromatic nitrogens is 3. The van der Waals surface area contributed by atoms with Crippen molar-refractivity contribution in [2.24, 2.45) is 0 Å². The van der Waals surface area contributed by atoms with E-state index in [1.54, 1.807) is 17.8 Å². The van der Waals surface area contributed by atoms with Gasteiger partial charge in [0.25, 0.3) is 0 Å². The molecule has 1 saturated heterocycles. The quantitative estimate of drug-likeness (QED) is 0.163. The Labute approximate surface area is 296 Å². The summed E-state index contributed by atoms with van der Waals surface area (Å²) in [6.07, 6.45) is 5.81. The Morgan fingerprint density at radius 1 is 0.980 bits per heavy atom. The molecule has 264 valence electrons. The third-order valence-electron chi connectivity index (χ3n) is 9.63. The molecule has 2 aliphatic rings. The zero-order valence-electron chi connectivity index (χ0n) is 30.5. The second kappa shape index (κ2) is 14.7. The molecule has 1 unspecified atom stereocenters. The molecule has 0 bridgehead atoms. The van der Waals surface area contributed by atoms with Gasteiger partial charge < -0.3 is 19.1 Å². The lowest BCUT2D eigenvalue weighted by molar-refractivity contribution is 0.0204. The number of piperidine rings is 1. The average Bonchev–Trinajstić information content (AvgIpc) is 3.73. The maximum absolute atomic E-state index is 12.7. The van der Waals surface area contributed by atoms with Crippen molar-refractivity contribution in [2.45, 2.75) is 104 Å². The number of hydrogen-bond donors (Lipinski definition) is 0. The van der Waals surface area contributed by atoms with Crippen LogP contribution in [0.1, 0.15) is 124 Å². The van der Waals surface area contributed by atoms with Gasteiger partial charge in [0, 0.05) is 24.2 Å². The van der Waals surface area contributed by atoms with Crippen LogP contribution in [0.15, 0.2) is 60.8 Å². The predicted octanol–water partition coefficient (Wildman–Crippen LogP) is 8.98. The van der Waals surface area contributed by atoms with Gasteiger partial charge in [-0.15, -0.1) is 0 Å². The summed E-state index contributed by atoms with van der Waals surface area (Å²) in [5, 5.41) is 4.58. The molecule has 1 aliphatic carbocycles. The number of pyridine rings is 1. The number of nitrogens with zero attached hydrogens (tertiary/aromatic N) is 4. The minimum Gasteiger partial charge on any atom is -0.486 e. The van der Waals surface area contributed by atoms with Gasteiger partial charge >= 0.3 is 12.1 Å². The molecule has 9 heteroatoms. The lowest BCUT2D eigenvalue weighted by atomic mass is 9.86. The fourth-order valence-electron chi connectivity index (χ4n) is 7.36. The molecule has 1 atom stereocenters. The van der Waals surface area contributed by atoms with Crippen LogP contribution in [0, 0.1) is 0 Å². The maximum atomic E-state index is 12.7. The van der Waals surface area contributed by atoms with E-state index in [4.69, 9.17) is 19.2 Å². The van der Waals surface area contributed by atoms with Crippen LogP contribution in [-0.2, 0) is 22.3 Å². The van der Waals surface area contributed by atoms with Gasteiger partial charge in [-0.2, -0.15) is 5.10 Å². The molecule has 3 heterocycles. The number of carbonyl (C=O) groups excluding carboxylic acids is 2. The second-order valence-corrected chi connectivity index (χ2v) is 14.6. The Hall–Kier alpha value is -4.66. The van der Waals surface area contributed by atoms with Crippen LogP contribution in [0.2, 0.25) is 0 Å². The first-order valence-corrected chi connectivity index (χ1v) is 18.1. The summed E-state index contributed by atoms with van der Waals surface area (Å²) in [4.78, 5) is 32.2. The standard InChI is InChI=1S/C41H50N4O5/c1-8-27-24-30(17-18-31(27)28-20-22-44(23-21-28)40(47)50-41(5,6)7)49-35-19-16-29-12-10-13-32(37(29)35)34-14-11-15-36(43-34)45-38(26(3)4)33(25-42-45)39(46)48-9-2/h10-15,17-18,24-26,28,35H,8-9,16,19-23H2,1-7H3. The first-order valence-electron chi connectivity index (χ1n) is 18.1. The molecule has 9 nitrogen and oxygen atoms in total. The molecule has 0 saturated carbocycles. The summed E-state index contributed by atoms with van der Waals surface area (Å²) < 4.78 is 19.5. The molecule has 1 amide bonds. The number of carbonyl (C=O) groups is 2. The second-order valence-electron chi connectivity index (χ2n) is 14.6. The highest BCUT2D eigenvalue weighted by Crippen LogP contribution is 2.42.